The largest absolute Gasteiger partial charge is 0.381 e. The second-order valence-corrected chi connectivity index (χ2v) is 5.86. The first-order valence-corrected chi connectivity index (χ1v) is 7.65. The lowest BCUT2D eigenvalue weighted by molar-refractivity contribution is 0.0423. The van der Waals surface area contributed by atoms with Crippen LogP contribution < -0.4 is 10.6 Å². The Hall–Kier alpha value is -1.62. The number of aryl methyl sites for hydroxylation is 1. The van der Waals surface area contributed by atoms with E-state index in [2.05, 4.69) is 29.5 Å². The minimum Gasteiger partial charge on any atom is -0.381 e. The van der Waals surface area contributed by atoms with Crippen molar-refractivity contribution in [3.8, 4) is 0 Å². The van der Waals surface area contributed by atoms with E-state index in [0.29, 0.717) is 18.8 Å². The number of ether oxygens (including phenoxy) is 1. The Morgan fingerprint density at radius 1 is 1.38 bits per heavy atom. The van der Waals surface area contributed by atoms with Gasteiger partial charge in [0.2, 0.25) is 0 Å². The molecule has 0 saturated carbocycles. The molecule has 21 heavy (non-hydrogen) atoms. The van der Waals surface area contributed by atoms with Gasteiger partial charge in [-0.1, -0.05) is 13.3 Å². The van der Waals surface area contributed by atoms with Crippen LogP contribution in [0.5, 0.6) is 0 Å². The second kappa shape index (κ2) is 6.89. The number of carbonyl (C=O) groups is 1. The highest BCUT2D eigenvalue weighted by molar-refractivity contribution is 5.95. The van der Waals surface area contributed by atoms with Gasteiger partial charge in [-0.15, -0.1) is 0 Å². The van der Waals surface area contributed by atoms with Crippen molar-refractivity contribution in [1.29, 1.82) is 0 Å². The molecule has 0 atom stereocenters. The van der Waals surface area contributed by atoms with Gasteiger partial charge in [-0.05, 0) is 38.3 Å². The van der Waals surface area contributed by atoms with E-state index < -0.39 is 0 Å². The highest BCUT2D eigenvalue weighted by Gasteiger charge is 2.29. The molecular formula is C16H25N3O2. The lowest BCUT2D eigenvalue weighted by Crippen LogP contribution is -2.49. The lowest BCUT2D eigenvalue weighted by Gasteiger charge is -2.34. The zero-order valence-corrected chi connectivity index (χ0v) is 13.2. The maximum atomic E-state index is 12.5. The number of carbonyl (C=O) groups excluding carboxylic acids is 1. The van der Waals surface area contributed by atoms with Crippen molar-refractivity contribution in [2.45, 2.75) is 45.1 Å². The minimum atomic E-state index is -0.177. The van der Waals surface area contributed by atoms with E-state index in [9.17, 15) is 4.79 Å². The second-order valence-electron chi connectivity index (χ2n) is 5.86. The number of rotatable bonds is 5. The maximum Gasteiger partial charge on any atom is 0.251 e. The first-order valence-electron chi connectivity index (χ1n) is 7.65. The molecule has 0 unspecified atom stereocenters. The van der Waals surface area contributed by atoms with Crippen molar-refractivity contribution < 1.29 is 9.53 Å². The summed E-state index contributed by atoms with van der Waals surface area (Å²) in [4.78, 5) is 17.0. The number of aromatic nitrogens is 1. The summed E-state index contributed by atoms with van der Waals surface area (Å²) in [6.45, 7) is 5.60. The van der Waals surface area contributed by atoms with Crippen molar-refractivity contribution in [1.82, 2.24) is 10.3 Å². The van der Waals surface area contributed by atoms with Crippen molar-refractivity contribution in [2.24, 2.45) is 0 Å². The van der Waals surface area contributed by atoms with E-state index in [1.807, 2.05) is 13.1 Å². The smallest absolute Gasteiger partial charge is 0.251 e. The van der Waals surface area contributed by atoms with Crippen molar-refractivity contribution in [2.75, 3.05) is 25.6 Å². The van der Waals surface area contributed by atoms with E-state index in [1.165, 1.54) is 0 Å². The van der Waals surface area contributed by atoms with Gasteiger partial charge in [-0.25, -0.2) is 4.98 Å². The van der Waals surface area contributed by atoms with Gasteiger partial charge >= 0.3 is 0 Å². The summed E-state index contributed by atoms with van der Waals surface area (Å²) in [5.41, 5.74) is 1.45. The number of anilines is 1. The number of nitrogens with zero attached hydrogens (tertiary/aromatic N) is 1. The highest BCUT2D eigenvalue weighted by atomic mass is 16.5. The molecule has 1 aliphatic heterocycles. The Bertz CT molecular complexity index is 496. The van der Waals surface area contributed by atoms with Crippen LogP contribution in [-0.2, 0) is 11.2 Å². The van der Waals surface area contributed by atoms with Crippen LogP contribution in [0.25, 0.3) is 0 Å². The maximum absolute atomic E-state index is 12.5. The molecule has 2 heterocycles. The number of pyridine rings is 1. The molecule has 0 bridgehead atoms. The fourth-order valence-corrected chi connectivity index (χ4v) is 2.52. The fraction of sp³-hybridized carbons (Fsp3) is 0.625. The monoisotopic (exact) mass is 291 g/mol. The molecule has 5 nitrogen and oxygen atoms in total. The molecule has 0 aromatic carbocycles. The number of nitrogens with one attached hydrogen (secondary N) is 2. The van der Waals surface area contributed by atoms with Gasteiger partial charge in [0.05, 0.1) is 0 Å². The standard InChI is InChI=1S/C16H25N3O2/c1-4-5-13-10-12(11-14(17-3)18-13)15(20)19-16(2)6-8-21-9-7-16/h10-11H,4-9H2,1-3H3,(H,17,18)(H,19,20). The molecule has 2 N–H and O–H groups in total. The zero-order chi connectivity index (χ0) is 15.3. The Labute approximate surface area is 126 Å². The van der Waals surface area contributed by atoms with Gasteiger partial charge in [0, 0.05) is 37.1 Å². The summed E-state index contributed by atoms with van der Waals surface area (Å²) in [6.07, 6.45) is 3.59. The average Bonchev–Trinajstić information content (AvgIpc) is 2.47. The molecule has 1 aromatic rings. The molecular weight excluding hydrogens is 266 g/mol. The minimum absolute atomic E-state index is 0.0318. The number of amides is 1. The van der Waals surface area contributed by atoms with Crippen molar-refractivity contribution in [3.63, 3.8) is 0 Å². The molecule has 1 amide bonds. The SMILES string of the molecule is CCCc1cc(C(=O)NC2(C)CCOCC2)cc(NC)n1. The average molecular weight is 291 g/mol. The van der Waals surface area contributed by atoms with Crippen LogP contribution in [0.15, 0.2) is 12.1 Å². The summed E-state index contributed by atoms with van der Waals surface area (Å²) in [5.74, 6) is 0.707. The predicted octanol–water partition coefficient (Wildman–Crippen LogP) is 2.37. The summed E-state index contributed by atoms with van der Waals surface area (Å²) in [7, 11) is 1.82. The van der Waals surface area contributed by atoms with Gasteiger partial charge in [-0.3, -0.25) is 4.79 Å². The van der Waals surface area contributed by atoms with Crippen LogP contribution in [0, 0.1) is 0 Å². The third-order valence-electron chi connectivity index (χ3n) is 3.91. The van der Waals surface area contributed by atoms with E-state index >= 15 is 0 Å². The molecule has 1 aliphatic rings. The third kappa shape index (κ3) is 4.17. The van der Waals surface area contributed by atoms with Crippen LogP contribution in [0.2, 0.25) is 0 Å². The molecule has 1 fully saturated rings. The van der Waals surface area contributed by atoms with Gasteiger partial charge in [0.15, 0.2) is 0 Å². The van der Waals surface area contributed by atoms with Crippen LogP contribution in [0.3, 0.4) is 0 Å². The van der Waals surface area contributed by atoms with Gasteiger partial charge in [0.1, 0.15) is 5.82 Å². The van der Waals surface area contributed by atoms with E-state index in [4.69, 9.17) is 4.74 Å². The first-order chi connectivity index (χ1) is 10.1. The molecule has 1 aromatic heterocycles. The molecule has 116 valence electrons. The quantitative estimate of drug-likeness (QED) is 0.874. The third-order valence-corrected chi connectivity index (χ3v) is 3.91. The first kappa shape index (κ1) is 15.8. The Kier molecular flexibility index (Phi) is 5.17. The molecule has 2 rings (SSSR count). The number of hydrogen-bond acceptors (Lipinski definition) is 4. The van der Waals surface area contributed by atoms with Crippen molar-refractivity contribution >= 4 is 11.7 Å². The molecule has 5 heteroatoms. The fourth-order valence-electron chi connectivity index (χ4n) is 2.52. The van der Waals surface area contributed by atoms with E-state index in [-0.39, 0.29) is 11.4 Å². The zero-order valence-electron chi connectivity index (χ0n) is 13.2. The van der Waals surface area contributed by atoms with Crippen LogP contribution in [-0.4, -0.2) is 36.7 Å². The van der Waals surface area contributed by atoms with Gasteiger partial charge in [0.25, 0.3) is 5.91 Å². The van der Waals surface area contributed by atoms with Gasteiger partial charge in [-0.2, -0.15) is 0 Å². The Morgan fingerprint density at radius 2 is 2.10 bits per heavy atom. The molecule has 0 radical (unpaired) electrons. The Morgan fingerprint density at radius 3 is 2.71 bits per heavy atom. The topological polar surface area (TPSA) is 63.2 Å². The predicted molar refractivity (Wildman–Crippen MR) is 83.7 cm³/mol. The van der Waals surface area contributed by atoms with E-state index in [1.54, 1.807) is 6.07 Å². The number of hydrogen-bond donors (Lipinski definition) is 2. The molecule has 1 saturated heterocycles. The summed E-state index contributed by atoms with van der Waals surface area (Å²) in [6, 6.07) is 3.69. The summed E-state index contributed by atoms with van der Waals surface area (Å²) >= 11 is 0. The van der Waals surface area contributed by atoms with Crippen molar-refractivity contribution in [3.05, 3.63) is 23.4 Å². The van der Waals surface area contributed by atoms with Crippen LogP contribution in [0.1, 0.15) is 49.2 Å². The molecule has 0 aliphatic carbocycles. The van der Waals surface area contributed by atoms with E-state index in [0.717, 1.165) is 37.2 Å². The normalized spacial score (nSPS) is 17.3. The van der Waals surface area contributed by atoms with Gasteiger partial charge < -0.3 is 15.4 Å². The summed E-state index contributed by atoms with van der Waals surface area (Å²) < 4.78 is 5.37. The highest BCUT2D eigenvalue weighted by Crippen LogP contribution is 2.21. The summed E-state index contributed by atoms with van der Waals surface area (Å²) in [5, 5.41) is 6.18. The Balaban J connectivity index is 2.15. The van der Waals surface area contributed by atoms with Crippen LogP contribution >= 0.6 is 0 Å². The lowest BCUT2D eigenvalue weighted by atomic mass is 9.92. The molecule has 0 spiro atoms. The van der Waals surface area contributed by atoms with Crippen LogP contribution in [0.4, 0.5) is 5.82 Å².